The number of amides is 2. The van der Waals surface area contributed by atoms with Crippen molar-refractivity contribution in [2.75, 3.05) is 26.2 Å². The summed E-state index contributed by atoms with van der Waals surface area (Å²) in [4.78, 5) is 38.7. The molecule has 1 heterocycles. The summed E-state index contributed by atoms with van der Waals surface area (Å²) in [5.74, 6) is -0.644. The van der Waals surface area contributed by atoms with Crippen LogP contribution in [-0.4, -0.2) is 54.2 Å². The lowest BCUT2D eigenvalue weighted by molar-refractivity contribution is -0.154. The Morgan fingerprint density at radius 2 is 1.63 bits per heavy atom. The minimum atomic E-state index is -0.760. The standard InChI is InChI=1S/C28H32N2O5/c1-2-28(26(32)33)11-13-30(14-12-28)25(31)23-15-18(23)16-29-27(34)35-17-24-21-9-5-3-7-19(21)20-8-4-6-10-22(20)24/h3-10,18,23-24H,2,11-17H2,1H3,(H,29,34)(H,32,33)/t18-,23-/m0/s1. The van der Waals surface area contributed by atoms with Gasteiger partial charge in [0.25, 0.3) is 0 Å². The van der Waals surface area contributed by atoms with Gasteiger partial charge in [-0.3, -0.25) is 9.59 Å². The highest BCUT2D eigenvalue weighted by Crippen LogP contribution is 2.45. The van der Waals surface area contributed by atoms with Crippen molar-refractivity contribution in [1.29, 1.82) is 0 Å². The van der Waals surface area contributed by atoms with Crippen LogP contribution in [0, 0.1) is 17.3 Å². The van der Waals surface area contributed by atoms with Crippen molar-refractivity contribution >= 4 is 18.0 Å². The van der Waals surface area contributed by atoms with Crippen LogP contribution in [0.25, 0.3) is 11.1 Å². The summed E-state index contributed by atoms with van der Waals surface area (Å²) >= 11 is 0. The third-order valence-corrected chi connectivity index (χ3v) is 8.25. The number of piperidine rings is 1. The first-order valence-electron chi connectivity index (χ1n) is 12.5. The minimum absolute atomic E-state index is 0.0172. The molecule has 2 aromatic carbocycles. The molecule has 1 aliphatic heterocycles. The Morgan fingerprint density at radius 3 is 2.20 bits per heavy atom. The first kappa shape index (κ1) is 23.4. The van der Waals surface area contributed by atoms with Crippen LogP contribution in [0.2, 0.25) is 0 Å². The summed E-state index contributed by atoms with van der Waals surface area (Å²) in [6.07, 6.45) is 1.87. The zero-order chi connectivity index (χ0) is 24.6. The number of carboxylic acid groups (broad SMARTS) is 1. The molecule has 5 rings (SSSR count). The first-order chi connectivity index (χ1) is 16.9. The van der Waals surface area contributed by atoms with Crippen LogP contribution in [0.5, 0.6) is 0 Å². The fourth-order valence-corrected chi connectivity index (χ4v) is 5.75. The molecule has 7 nitrogen and oxygen atoms in total. The Balaban J connectivity index is 1.08. The van der Waals surface area contributed by atoms with Crippen molar-refractivity contribution in [2.24, 2.45) is 17.3 Å². The molecule has 0 spiro atoms. The van der Waals surface area contributed by atoms with E-state index in [-0.39, 0.29) is 30.3 Å². The SMILES string of the molecule is CCC1(C(=O)O)CCN(C(=O)[C@H]2C[C@H]2CNC(=O)OCC2c3ccccc3-c3ccccc32)CC1. The van der Waals surface area contributed by atoms with Crippen molar-refractivity contribution in [3.63, 3.8) is 0 Å². The third kappa shape index (κ3) is 4.40. The number of nitrogens with zero attached hydrogens (tertiary/aromatic N) is 1. The van der Waals surface area contributed by atoms with Crippen LogP contribution in [0.3, 0.4) is 0 Å². The number of alkyl carbamates (subject to hydrolysis) is 1. The molecule has 3 aliphatic rings. The van der Waals surface area contributed by atoms with Crippen LogP contribution in [0.1, 0.15) is 49.7 Å². The number of likely N-dealkylation sites (tertiary alicyclic amines) is 1. The maximum Gasteiger partial charge on any atom is 0.407 e. The summed E-state index contributed by atoms with van der Waals surface area (Å²) in [5, 5.41) is 12.4. The Hall–Kier alpha value is -3.35. The summed E-state index contributed by atoms with van der Waals surface area (Å²) in [5.41, 5.74) is 4.02. The molecule has 0 radical (unpaired) electrons. The molecular weight excluding hydrogens is 444 g/mol. The van der Waals surface area contributed by atoms with Crippen LogP contribution in [0.15, 0.2) is 48.5 Å². The van der Waals surface area contributed by atoms with E-state index >= 15 is 0 Å². The fourth-order valence-electron chi connectivity index (χ4n) is 5.75. The van der Waals surface area contributed by atoms with E-state index in [1.54, 1.807) is 4.90 Å². The summed E-state index contributed by atoms with van der Waals surface area (Å²) in [7, 11) is 0. The van der Waals surface area contributed by atoms with Gasteiger partial charge in [-0.1, -0.05) is 55.5 Å². The van der Waals surface area contributed by atoms with Gasteiger partial charge in [0.15, 0.2) is 0 Å². The Morgan fingerprint density at radius 1 is 1.03 bits per heavy atom. The van der Waals surface area contributed by atoms with E-state index in [4.69, 9.17) is 4.74 Å². The number of ether oxygens (including phenoxy) is 1. The summed E-state index contributed by atoms with van der Waals surface area (Å²) in [6.45, 7) is 3.56. The van der Waals surface area contributed by atoms with Crippen LogP contribution in [0.4, 0.5) is 4.79 Å². The van der Waals surface area contributed by atoms with Crippen molar-refractivity contribution in [3.8, 4) is 11.1 Å². The van der Waals surface area contributed by atoms with E-state index in [1.807, 2.05) is 31.2 Å². The number of carbonyl (C=O) groups excluding carboxylic acids is 2. The normalized spacial score (nSPS) is 22.1. The highest BCUT2D eigenvalue weighted by Gasteiger charge is 2.47. The maximum absolute atomic E-state index is 12.9. The smallest absolute Gasteiger partial charge is 0.407 e. The molecule has 184 valence electrons. The van der Waals surface area contributed by atoms with Gasteiger partial charge in [0.2, 0.25) is 5.91 Å². The zero-order valence-electron chi connectivity index (χ0n) is 20.0. The first-order valence-corrected chi connectivity index (χ1v) is 12.5. The van der Waals surface area contributed by atoms with Gasteiger partial charge in [-0.2, -0.15) is 0 Å². The van der Waals surface area contributed by atoms with Gasteiger partial charge in [0, 0.05) is 31.5 Å². The number of rotatable bonds is 7. The third-order valence-electron chi connectivity index (χ3n) is 8.25. The maximum atomic E-state index is 12.9. The van der Waals surface area contributed by atoms with Crippen molar-refractivity contribution in [3.05, 3.63) is 59.7 Å². The second-order valence-corrected chi connectivity index (χ2v) is 10.1. The van der Waals surface area contributed by atoms with E-state index in [0.29, 0.717) is 38.9 Å². The Kier molecular flexibility index (Phi) is 6.26. The van der Waals surface area contributed by atoms with Gasteiger partial charge in [0.1, 0.15) is 6.61 Å². The predicted octanol–water partition coefficient (Wildman–Crippen LogP) is 4.26. The molecule has 2 fully saturated rings. The Bertz CT molecular complexity index is 1090. The topological polar surface area (TPSA) is 95.9 Å². The van der Waals surface area contributed by atoms with Crippen LogP contribution < -0.4 is 5.32 Å². The van der Waals surface area contributed by atoms with E-state index < -0.39 is 17.5 Å². The average Bonchev–Trinajstić information content (AvgIpc) is 3.60. The molecule has 1 saturated heterocycles. The largest absolute Gasteiger partial charge is 0.481 e. The molecule has 0 aromatic heterocycles. The summed E-state index contributed by atoms with van der Waals surface area (Å²) < 4.78 is 5.59. The Labute approximate surface area is 205 Å². The molecule has 2 atom stereocenters. The van der Waals surface area contributed by atoms with Gasteiger partial charge in [-0.15, -0.1) is 0 Å². The lowest BCUT2D eigenvalue weighted by Crippen LogP contribution is -2.47. The van der Waals surface area contributed by atoms with E-state index in [2.05, 4.69) is 29.6 Å². The number of carbonyl (C=O) groups is 3. The number of carboxylic acids is 1. The molecule has 7 heteroatoms. The van der Waals surface area contributed by atoms with Gasteiger partial charge < -0.3 is 20.1 Å². The van der Waals surface area contributed by atoms with Crippen molar-refractivity contribution < 1.29 is 24.2 Å². The fraction of sp³-hybridized carbons (Fsp3) is 0.464. The monoisotopic (exact) mass is 476 g/mol. The van der Waals surface area contributed by atoms with Crippen molar-refractivity contribution in [2.45, 2.75) is 38.5 Å². The molecule has 35 heavy (non-hydrogen) atoms. The second-order valence-electron chi connectivity index (χ2n) is 10.1. The van der Waals surface area contributed by atoms with Crippen LogP contribution >= 0.6 is 0 Å². The molecule has 2 aliphatic carbocycles. The minimum Gasteiger partial charge on any atom is -0.481 e. The highest BCUT2D eigenvalue weighted by atomic mass is 16.5. The number of aliphatic carboxylic acids is 1. The lowest BCUT2D eigenvalue weighted by atomic mass is 9.76. The molecule has 0 unspecified atom stereocenters. The van der Waals surface area contributed by atoms with Gasteiger partial charge in [-0.05, 0) is 53.9 Å². The van der Waals surface area contributed by atoms with E-state index in [1.165, 1.54) is 22.3 Å². The van der Waals surface area contributed by atoms with E-state index in [0.717, 1.165) is 6.42 Å². The van der Waals surface area contributed by atoms with Crippen molar-refractivity contribution in [1.82, 2.24) is 10.2 Å². The molecule has 2 amide bonds. The molecule has 1 saturated carbocycles. The highest BCUT2D eigenvalue weighted by molar-refractivity contribution is 5.83. The number of nitrogens with one attached hydrogen (secondary N) is 1. The average molecular weight is 477 g/mol. The second kappa shape index (κ2) is 9.36. The van der Waals surface area contributed by atoms with Gasteiger partial charge >= 0.3 is 12.1 Å². The summed E-state index contributed by atoms with van der Waals surface area (Å²) in [6, 6.07) is 16.4. The molecule has 2 aromatic rings. The number of fused-ring (bicyclic) bond motifs is 3. The number of benzene rings is 2. The zero-order valence-corrected chi connectivity index (χ0v) is 20.0. The molecule has 0 bridgehead atoms. The molecular formula is C28H32N2O5. The van der Waals surface area contributed by atoms with Crippen LogP contribution in [-0.2, 0) is 14.3 Å². The van der Waals surface area contributed by atoms with Gasteiger partial charge in [0.05, 0.1) is 5.41 Å². The number of hydrogen-bond donors (Lipinski definition) is 2. The lowest BCUT2D eigenvalue weighted by Gasteiger charge is -2.38. The van der Waals surface area contributed by atoms with Gasteiger partial charge in [-0.25, -0.2) is 4.79 Å². The predicted molar refractivity (Wildman–Crippen MR) is 131 cm³/mol. The molecule has 2 N–H and O–H groups in total. The van der Waals surface area contributed by atoms with E-state index in [9.17, 15) is 19.5 Å². The number of hydrogen-bond acceptors (Lipinski definition) is 4. The quantitative estimate of drug-likeness (QED) is 0.622.